The Balaban J connectivity index is 1.92. The van der Waals surface area contributed by atoms with E-state index in [0.29, 0.717) is 17.9 Å². The zero-order valence-electron chi connectivity index (χ0n) is 23.0. The fourth-order valence-corrected chi connectivity index (χ4v) is 5.56. The van der Waals surface area contributed by atoms with E-state index in [0.717, 1.165) is 11.6 Å². The minimum absolute atomic E-state index is 0.00519. The van der Waals surface area contributed by atoms with Crippen LogP contribution in [-0.4, -0.2) is 54.6 Å². The molecule has 0 aliphatic rings. The lowest BCUT2D eigenvalue weighted by Gasteiger charge is -2.22. The number of phosphoric ester groups is 1. The number of nitrogens with zero attached hydrogens (tertiary/aromatic N) is 3. The molecule has 0 saturated heterocycles. The Hall–Kier alpha value is -4.15. The molecule has 4 rings (SSSR count). The molecule has 0 unspecified atom stereocenters. The normalized spacial score (nSPS) is 12.7. The minimum atomic E-state index is -4.87. The van der Waals surface area contributed by atoms with Gasteiger partial charge < -0.3 is 24.8 Å². The van der Waals surface area contributed by atoms with Crippen molar-refractivity contribution in [3.8, 4) is 21.7 Å². The third kappa shape index (κ3) is 7.31. The smallest absolute Gasteiger partial charge is 0.469 e. The molecule has 2 amide bonds. The van der Waals surface area contributed by atoms with E-state index in [2.05, 4.69) is 25.1 Å². The zero-order valence-corrected chi connectivity index (χ0v) is 24.7. The monoisotopic (exact) mass is 655 g/mol. The topological polar surface area (TPSA) is 193 Å². The number of urea groups is 1. The van der Waals surface area contributed by atoms with Crippen molar-refractivity contribution in [1.29, 1.82) is 0 Å². The predicted molar refractivity (Wildman–Crippen MR) is 155 cm³/mol. The van der Waals surface area contributed by atoms with Crippen molar-refractivity contribution < 1.29 is 46.7 Å². The van der Waals surface area contributed by atoms with Crippen LogP contribution in [0.25, 0.3) is 32.6 Å². The average molecular weight is 656 g/mol. The lowest BCUT2D eigenvalue weighted by molar-refractivity contribution is -0.140. The number of hydrogen-bond donors (Lipinski definition) is 5. The van der Waals surface area contributed by atoms with Gasteiger partial charge in [-0.1, -0.05) is 13.0 Å². The van der Waals surface area contributed by atoms with Gasteiger partial charge in [-0.05, 0) is 37.1 Å². The highest BCUT2D eigenvalue weighted by Crippen LogP contribution is 2.40. The number of thiazole rings is 1. The molecule has 1 aromatic carbocycles. The number of pyridine rings is 2. The van der Waals surface area contributed by atoms with Crippen molar-refractivity contribution in [2.45, 2.75) is 32.5 Å². The van der Waals surface area contributed by atoms with E-state index < -0.39 is 55.3 Å². The number of carboxylic acids is 1. The van der Waals surface area contributed by atoms with Gasteiger partial charge >= 0.3 is 26.0 Å². The summed E-state index contributed by atoms with van der Waals surface area (Å²) in [6, 6.07) is 4.26. The van der Waals surface area contributed by atoms with Crippen LogP contribution >= 0.6 is 19.2 Å². The molecular formula is C26H25F3N5O8PS. The Morgan fingerprint density at radius 1 is 1.18 bits per heavy atom. The number of carbonyl (C=O) groups excluding carboxylic acids is 1. The van der Waals surface area contributed by atoms with Gasteiger partial charge in [-0.3, -0.25) is 14.6 Å². The molecule has 5 N–H and O–H groups in total. The summed E-state index contributed by atoms with van der Waals surface area (Å²) >= 11 is 0.698. The summed E-state index contributed by atoms with van der Waals surface area (Å²) in [4.78, 5) is 63.6. The number of aromatic carboxylic acids is 1. The SMILES string of the molecule is CCNC(=O)Nc1cc(-c2nc(C(F)(F)F)cs2)c(-c2ccc3c(c2)c(=O)c(C(=O)O)cn3[C@@H](CC)COP(=O)(O)O)cn1. The molecule has 0 bridgehead atoms. The van der Waals surface area contributed by atoms with Gasteiger partial charge in [0.15, 0.2) is 5.69 Å². The van der Waals surface area contributed by atoms with Crippen LogP contribution in [0.5, 0.6) is 0 Å². The van der Waals surface area contributed by atoms with Gasteiger partial charge in [0.05, 0.1) is 18.2 Å². The van der Waals surface area contributed by atoms with E-state index in [4.69, 9.17) is 9.79 Å². The molecule has 3 heterocycles. The summed E-state index contributed by atoms with van der Waals surface area (Å²) in [5.74, 6) is -1.54. The molecule has 0 aliphatic heterocycles. The summed E-state index contributed by atoms with van der Waals surface area (Å²) in [5.41, 5.74) is -1.79. The fourth-order valence-electron chi connectivity index (χ4n) is 4.33. The van der Waals surface area contributed by atoms with Crippen molar-refractivity contribution in [3.05, 3.63) is 63.5 Å². The number of amides is 2. The summed E-state index contributed by atoms with van der Waals surface area (Å²) < 4.78 is 57.5. The maximum atomic E-state index is 13.4. The second-order valence-electron chi connectivity index (χ2n) is 9.30. The number of carboxylic acid groups (broad SMARTS) is 1. The molecule has 0 saturated carbocycles. The van der Waals surface area contributed by atoms with Crippen LogP contribution < -0.4 is 16.1 Å². The van der Waals surface area contributed by atoms with E-state index in [-0.39, 0.29) is 44.8 Å². The molecule has 3 aromatic heterocycles. The highest BCUT2D eigenvalue weighted by atomic mass is 32.1. The number of aromatic nitrogens is 3. The molecule has 0 fully saturated rings. The molecule has 234 valence electrons. The number of carbonyl (C=O) groups is 2. The van der Waals surface area contributed by atoms with E-state index in [1.807, 2.05) is 0 Å². The number of rotatable bonds is 10. The maximum Gasteiger partial charge on any atom is 0.469 e. The third-order valence-corrected chi connectivity index (χ3v) is 7.74. The number of nitrogens with one attached hydrogen (secondary N) is 2. The van der Waals surface area contributed by atoms with Gasteiger partial charge in [-0.2, -0.15) is 13.2 Å². The van der Waals surface area contributed by atoms with Crippen molar-refractivity contribution >= 4 is 47.9 Å². The summed E-state index contributed by atoms with van der Waals surface area (Å²) in [6.07, 6.45) is -2.15. The Morgan fingerprint density at radius 2 is 1.91 bits per heavy atom. The van der Waals surface area contributed by atoms with E-state index >= 15 is 0 Å². The quantitative estimate of drug-likeness (QED) is 0.144. The molecule has 1 atom stereocenters. The average Bonchev–Trinajstić information content (AvgIpc) is 3.45. The second-order valence-corrected chi connectivity index (χ2v) is 11.4. The first-order valence-electron chi connectivity index (χ1n) is 12.8. The lowest BCUT2D eigenvalue weighted by Crippen LogP contribution is -2.28. The van der Waals surface area contributed by atoms with Crippen molar-refractivity contribution in [2.24, 2.45) is 0 Å². The first-order chi connectivity index (χ1) is 20.6. The number of fused-ring (bicyclic) bond motifs is 1. The van der Waals surface area contributed by atoms with Gasteiger partial charge in [0.25, 0.3) is 0 Å². The number of alkyl halides is 3. The number of hydrogen-bond acceptors (Lipinski definition) is 8. The highest BCUT2D eigenvalue weighted by molar-refractivity contribution is 7.46. The predicted octanol–water partition coefficient (Wildman–Crippen LogP) is 5.11. The van der Waals surface area contributed by atoms with Crippen LogP contribution in [0.1, 0.15) is 42.4 Å². The van der Waals surface area contributed by atoms with Crippen LogP contribution in [0.15, 0.2) is 46.8 Å². The Labute approximate surface area is 250 Å². The number of phosphoric acid groups is 1. The third-order valence-electron chi connectivity index (χ3n) is 6.38. The summed E-state index contributed by atoms with van der Waals surface area (Å²) in [6.45, 7) is 3.16. The number of anilines is 1. The molecule has 4 aromatic rings. The Bertz CT molecular complexity index is 1840. The molecule has 0 spiro atoms. The van der Waals surface area contributed by atoms with E-state index in [1.165, 1.54) is 35.0 Å². The molecule has 18 heteroatoms. The van der Waals surface area contributed by atoms with Crippen LogP contribution in [0, 0.1) is 0 Å². The minimum Gasteiger partial charge on any atom is -0.477 e. The van der Waals surface area contributed by atoms with Crippen molar-refractivity contribution in [1.82, 2.24) is 19.9 Å². The lowest BCUT2D eigenvalue weighted by atomic mass is 9.99. The molecule has 0 radical (unpaired) electrons. The largest absolute Gasteiger partial charge is 0.477 e. The maximum absolute atomic E-state index is 13.4. The second kappa shape index (κ2) is 12.8. The van der Waals surface area contributed by atoms with Crippen LogP contribution in [0.2, 0.25) is 0 Å². The van der Waals surface area contributed by atoms with Gasteiger partial charge in [0.1, 0.15) is 16.4 Å². The van der Waals surface area contributed by atoms with E-state index in [1.54, 1.807) is 13.8 Å². The van der Waals surface area contributed by atoms with Crippen molar-refractivity contribution in [3.63, 3.8) is 0 Å². The first kappa shape index (κ1) is 32.8. The first-order valence-corrected chi connectivity index (χ1v) is 15.2. The summed E-state index contributed by atoms with van der Waals surface area (Å²) in [7, 11) is -4.87. The zero-order chi connectivity index (χ0) is 32.4. The number of halogens is 3. The van der Waals surface area contributed by atoms with Crippen molar-refractivity contribution in [2.75, 3.05) is 18.5 Å². The fraction of sp³-hybridized carbons (Fsp3) is 0.269. The highest BCUT2D eigenvalue weighted by Gasteiger charge is 2.34. The van der Waals surface area contributed by atoms with Gasteiger partial charge in [-0.15, -0.1) is 11.3 Å². The van der Waals surface area contributed by atoms with Crippen LogP contribution in [-0.2, 0) is 15.3 Å². The standard InChI is InChI=1S/C26H25F3N5O8PS/c1-3-14(11-42-43(39,40)41)34-10-18(24(36)37)22(35)16-7-13(5-6-19(16)34)17-9-31-21(33-25(38)30-4-2)8-15(17)23-32-20(12-44-23)26(27,28)29/h5-10,12,14H,3-4,11H2,1-2H3,(H,36,37)(H2,39,40,41)(H2,30,31,33,38)/t14-/m0/s1. The molecule has 13 nitrogen and oxygen atoms in total. The molecule has 44 heavy (non-hydrogen) atoms. The van der Waals surface area contributed by atoms with Gasteiger partial charge in [0.2, 0.25) is 5.43 Å². The Morgan fingerprint density at radius 3 is 2.50 bits per heavy atom. The van der Waals surface area contributed by atoms with Crippen LogP contribution in [0.4, 0.5) is 23.8 Å². The Kier molecular flexibility index (Phi) is 9.56. The summed E-state index contributed by atoms with van der Waals surface area (Å²) in [5, 5.41) is 15.4. The number of benzene rings is 1. The molecule has 0 aliphatic carbocycles. The van der Waals surface area contributed by atoms with E-state index in [9.17, 15) is 37.2 Å². The molecular weight excluding hydrogens is 630 g/mol. The van der Waals surface area contributed by atoms with Crippen LogP contribution in [0.3, 0.4) is 0 Å². The van der Waals surface area contributed by atoms with Gasteiger partial charge in [0, 0.05) is 40.8 Å². The van der Waals surface area contributed by atoms with Gasteiger partial charge in [-0.25, -0.2) is 24.1 Å².